The number of nitrogens with one attached hydrogen (secondary N) is 1. The summed E-state index contributed by atoms with van der Waals surface area (Å²) in [5.41, 5.74) is 1.47. The lowest BCUT2D eigenvalue weighted by Gasteiger charge is -2.30. The van der Waals surface area contributed by atoms with Gasteiger partial charge in [-0.15, -0.1) is 0 Å². The molecule has 0 saturated carbocycles. The van der Waals surface area contributed by atoms with Gasteiger partial charge in [-0.1, -0.05) is 6.07 Å². The molecule has 3 heterocycles. The Labute approximate surface area is 124 Å². The van der Waals surface area contributed by atoms with Crippen LogP contribution in [0.15, 0.2) is 28.7 Å². The monoisotopic (exact) mass is 284 g/mol. The molecule has 3 atom stereocenters. The Morgan fingerprint density at radius 1 is 1.33 bits per heavy atom. The van der Waals surface area contributed by atoms with Crippen LogP contribution in [0.3, 0.4) is 0 Å². The van der Waals surface area contributed by atoms with Crippen molar-refractivity contribution in [2.75, 3.05) is 19.6 Å². The van der Waals surface area contributed by atoms with Crippen LogP contribution in [0, 0.1) is 12.8 Å². The maximum atomic E-state index is 12.4. The van der Waals surface area contributed by atoms with Gasteiger partial charge in [0, 0.05) is 30.1 Å². The number of fused-ring (bicyclic) bond motifs is 3. The number of rotatable bonds is 2. The highest BCUT2D eigenvalue weighted by Gasteiger charge is 2.32. The first-order valence-electron chi connectivity index (χ1n) is 7.71. The third-order valence-electron chi connectivity index (χ3n) is 4.71. The molecule has 1 amide bonds. The van der Waals surface area contributed by atoms with Crippen LogP contribution in [0.2, 0.25) is 0 Å². The number of benzene rings is 1. The molecule has 2 aliphatic rings. The van der Waals surface area contributed by atoms with Gasteiger partial charge in [0.05, 0.1) is 0 Å². The summed E-state index contributed by atoms with van der Waals surface area (Å²) in [5.74, 6) is 1.65. The Morgan fingerprint density at radius 3 is 3.10 bits per heavy atom. The van der Waals surface area contributed by atoms with Crippen LogP contribution in [0.1, 0.15) is 29.0 Å². The van der Waals surface area contributed by atoms with Gasteiger partial charge in [0.15, 0.2) is 0 Å². The number of carbonyl (C=O) groups excluding carboxylic acids is 1. The Hall–Kier alpha value is -1.81. The SMILES string of the molecule is Cc1cc2ccc(C(=O)N[C@@H]3C[C@@H]4CCN(C4)C3)cc2o1. The molecule has 4 rings (SSSR count). The molecule has 2 fully saturated rings. The second kappa shape index (κ2) is 4.88. The third-order valence-corrected chi connectivity index (χ3v) is 4.71. The molecular formula is C17H20N2O2. The van der Waals surface area contributed by atoms with Crippen LogP contribution in [0.5, 0.6) is 0 Å². The van der Waals surface area contributed by atoms with Gasteiger partial charge in [-0.3, -0.25) is 4.79 Å². The zero-order chi connectivity index (χ0) is 14.4. The maximum Gasteiger partial charge on any atom is 0.251 e. The van der Waals surface area contributed by atoms with E-state index in [0.29, 0.717) is 5.56 Å². The topological polar surface area (TPSA) is 45.5 Å². The molecule has 4 heteroatoms. The number of furan rings is 1. The molecular weight excluding hydrogens is 264 g/mol. The molecule has 1 aromatic heterocycles. The Bertz CT molecular complexity index is 679. The highest BCUT2D eigenvalue weighted by Crippen LogP contribution is 2.27. The fourth-order valence-electron chi connectivity index (χ4n) is 3.74. The molecule has 4 nitrogen and oxygen atoms in total. The third kappa shape index (κ3) is 2.44. The molecule has 0 radical (unpaired) electrons. The molecule has 1 aromatic carbocycles. The summed E-state index contributed by atoms with van der Waals surface area (Å²) in [6.45, 7) is 5.31. The Morgan fingerprint density at radius 2 is 2.24 bits per heavy atom. The van der Waals surface area contributed by atoms with E-state index in [0.717, 1.165) is 35.6 Å². The lowest BCUT2D eigenvalue weighted by Crippen LogP contribution is -2.47. The van der Waals surface area contributed by atoms with E-state index in [4.69, 9.17) is 4.42 Å². The fraction of sp³-hybridized carbons (Fsp3) is 0.471. The van der Waals surface area contributed by atoms with Gasteiger partial charge in [0.25, 0.3) is 5.91 Å². The van der Waals surface area contributed by atoms with Gasteiger partial charge in [-0.05, 0) is 50.4 Å². The van der Waals surface area contributed by atoms with E-state index < -0.39 is 0 Å². The molecule has 1 N–H and O–H groups in total. The smallest absolute Gasteiger partial charge is 0.251 e. The molecule has 2 saturated heterocycles. The van der Waals surface area contributed by atoms with Gasteiger partial charge in [-0.2, -0.15) is 0 Å². The van der Waals surface area contributed by atoms with Crippen molar-refractivity contribution in [2.24, 2.45) is 5.92 Å². The highest BCUT2D eigenvalue weighted by atomic mass is 16.3. The largest absolute Gasteiger partial charge is 0.461 e. The van der Waals surface area contributed by atoms with Crippen LogP contribution >= 0.6 is 0 Å². The number of carbonyl (C=O) groups is 1. The Balaban J connectivity index is 1.50. The van der Waals surface area contributed by atoms with E-state index >= 15 is 0 Å². The first-order valence-corrected chi connectivity index (χ1v) is 7.71. The van der Waals surface area contributed by atoms with E-state index in [1.807, 2.05) is 31.2 Å². The Kier molecular flexibility index (Phi) is 3.00. The highest BCUT2D eigenvalue weighted by molar-refractivity contribution is 5.97. The first-order chi connectivity index (χ1) is 10.2. The van der Waals surface area contributed by atoms with Crippen molar-refractivity contribution < 1.29 is 9.21 Å². The van der Waals surface area contributed by atoms with Crippen molar-refractivity contribution in [1.82, 2.24) is 10.2 Å². The second-order valence-electron chi connectivity index (χ2n) is 6.43. The van der Waals surface area contributed by atoms with E-state index in [1.165, 1.54) is 19.5 Å². The number of aryl methyl sites for hydroxylation is 1. The molecule has 1 unspecified atom stereocenters. The second-order valence-corrected chi connectivity index (χ2v) is 6.43. The van der Waals surface area contributed by atoms with Crippen LogP contribution < -0.4 is 5.32 Å². The average molecular weight is 284 g/mol. The maximum absolute atomic E-state index is 12.4. The molecule has 21 heavy (non-hydrogen) atoms. The molecule has 2 aromatic rings. The van der Waals surface area contributed by atoms with Gasteiger partial charge < -0.3 is 14.6 Å². The molecule has 2 aliphatic heterocycles. The number of nitrogens with zero attached hydrogens (tertiary/aromatic N) is 1. The van der Waals surface area contributed by atoms with Crippen LogP contribution in [-0.2, 0) is 0 Å². The van der Waals surface area contributed by atoms with Crippen molar-refractivity contribution in [1.29, 1.82) is 0 Å². The summed E-state index contributed by atoms with van der Waals surface area (Å²) >= 11 is 0. The number of hydrogen-bond donors (Lipinski definition) is 1. The predicted molar refractivity (Wildman–Crippen MR) is 81.4 cm³/mol. The van der Waals surface area contributed by atoms with Crippen molar-refractivity contribution >= 4 is 16.9 Å². The van der Waals surface area contributed by atoms with Gasteiger partial charge in [0.1, 0.15) is 11.3 Å². The summed E-state index contributed by atoms with van der Waals surface area (Å²) in [6.07, 6.45) is 2.40. The summed E-state index contributed by atoms with van der Waals surface area (Å²) in [6, 6.07) is 7.95. The van der Waals surface area contributed by atoms with Crippen molar-refractivity contribution in [3.05, 3.63) is 35.6 Å². The summed E-state index contributed by atoms with van der Waals surface area (Å²) < 4.78 is 5.60. The summed E-state index contributed by atoms with van der Waals surface area (Å²) in [7, 11) is 0. The van der Waals surface area contributed by atoms with Crippen LogP contribution in [0.4, 0.5) is 0 Å². The van der Waals surface area contributed by atoms with E-state index in [1.54, 1.807) is 0 Å². The van der Waals surface area contributed by atoms with Crippen LogP contribution in [-0.4, -0.2) is 36.5 Å². The molecule has 110 valence electrons. The van der Waals surface area contributed by atoms with Crippen LogP contribution in [0.25, 0.3) is 11.0 Å². The fourth-order valence-corrected chi connectivity index (χ4v) is 3.74. The van der Waals surface area contributed by atoms with Crippen molar-refractivity contribution in [3.63, 3.8) is 0 Å². The number of hydrogen-bond acceptors (Lipinski definition) is 3. The number of piperidine rings is 1. The van der Waals surface area contributed by atoms with Gasteiger partial charge in [0.2, 0.25) is 0 Å². The average Bonchev–Trinajstić information content (AvgIpc) is 2.99. The lowest BCUT2D eigenvalue weighted by molar-refractivity contribution is 0.0909. The lowest BCUT2D eigenvalue weighted by atomic mass is 9.96. The summed E-state index contributed by atoms with van der Waals surface area (Å²) in [4.78, 5) is 14.9. The zero-order valence-corrected chi connectivity index (χ0v) is 12.3. The van der Waals surface area contributed by atoms with Gasteiger partial charge in [-0.25, -0.2) is 0 Å². The minimum Gasteiger partial charge on any atom is -0.461 e. The minimum absolute atomic E-state index is 0.0125. The molecule has 2 bridgehead atoms. The quantitative estimate of drug-likeness (QED) is 0.922. The minimum atomic E-state index is 0.0125. The normalized spacial score (nSPS) is 28.0. The van der Waals surface area contributed by atoms with Crippen molar-refractivity contribution in [3.8, 4) is 0 Å². The zero-order valence-electron chi connectivity index (χ0n) is 12.3. The molecule has 0 aliphatic carbocycles. The standard InChI is InChI=1S/C17H20N2O2/c1-11-6-13-2-3-14(8-16(13)21-11)17(20)18-15-7-12-4-5-19(9-12)10-15/h2-3,6,8,12,15H,4-5,7,9-10H2,1H3,(H,18,20)/t12-,15+/m0/s1. The van der Waals surface area contributed by atoms with Gasteiger partial charge >= 0.3 is 0 Å². The molecule has 0 spiro atoms. The summed E-state index contributed by atoms with van der Waals surface area (Å²) in [5, 5.41) is 4.23. The van der Waals surface area contributed by atoms with E-state index in [2.05, 4.69) is 10.2 Å². The predicted octanol–water partition coefficient (Wildman–Crippen LogP) is 2.57. The first kappa shape index (κ1) is 12.9. The number of amides is 1. The van der Waals surface area contributed by atoms with E-state index in [9.17, 15) is 4.79 Å². The van der Waals surface area contributed by atoms with Crippen molar-refractivity contribution in [2.45, 2.75) is 25.8 Å². The van der Waals surface area contributed by atoms with E-state index in [-0.39, 0.29) is 11.9 Å².